The van der Waals surface area contributed by atoms with Gasteiger partial charge in [-0.3, -0.25) is 0 Å². The third-order valence-electron chi connectivity index (χ3n) is 9.45. The van der Waals surface area contributed by atoms with Crippen LogP contribution in [0.15, 0.2) is 0 Å². The molecule has 3 aliphatic heterocycles. The molecule has 15 heteroatoms. The van der Waals surface area contributed by atoms with E-state index in [0.29, 0.717) is 19.3 Å². The van der Waals surface area contributed by atoms with Crippen LogP contribution in [0.5, 0.6) is 0 Å². The summed E-state index contributed by atoms with van der Waals surface area (Å²) in [7, 11) is 0. The van der Waals surface area contributed by atoms with Crippen LogP contribution < -0.4 is 0 Å². The van der Waals surface area contributed by atoms with E-state index in [4.69, 9.17) is 23.7 Å². The number of hydrogen-bond acceptors (Lipinski definition) is 14. The fourth-order valence-electron chi connectivity index (χ4n) is 7.04. The first-order valence-corrected chi connectivity index (χ1v) is 14.5. The van der Waals surface area contributed by atoms with E-state index in [1.807, 2.05) is 0 Å². The molecule has 0 spiro atoms. The first kappa shape index (κ1) is 31.8. The lowest BCUT2D eigenvalue weighted by molar-refractivity contribution is -0.381. The Labute approximate surface area is 236 Å². The standard InChI is InChI=1S/C26H44O15/c27-7-18-20(34)21(35)24(41-25-22(36)19(33)15(32)8-37-25)26(40-18)39-17-6-11-13(30)4-10(28)5-16(11)38-23(17)9-1-2-12(29)14(31)3-9/h9-36H,1-8H2/p+1/t9?,10?,11?,12?,13?,14?,15-,16?,17?,18-,19+,20+,21+,22-,23?,24-,25+,26-/m1/s1. The molecule has 5 rings (SSSR count). The van der Waals surface area contributed by atoms with Gasteiger partial charge in [0, 0.05) is 18.8 Å². The van der Waals surface area contributed by atoms with Crippen molar-refractivity contribution in [1.29, 1.82) is 0 Å². The fourth-order valence-corrected chi connectivity index (χ4v) is 7.04. The van der Waals surface area contributed by atoms with Crippen LogP contribution in [0.4, 0.5) is 0 Å². The molecule has 0 radical (unpaired) electrons. The molecule has 0 bridgehead atoms. The van der Waals surface area contributed by atoms with E-state index in [2.05, 4.69) is 0 Å². The van der Waals surface area contributed by atoms with Gasteiger partial charge in [0.05, 0.1) is 43.5 Å². The van der Waals surface area contributed by atoms with Crippen LogP contribution in [0.25, 0.3) is 0 Å². The Bertz CT molecular complexity index is 852. The molecule has 9 unspecified atom stereocenters. The first-order valence-electron chi connectivity index (χ1n) is 14.5. The summed E-state index contributed by atoms with van der Waals surface area (Å²) in [6, 6.07) is 0. The van der Waals surface area contributed by atoms with Crippen molar-refractivity contribution in [2.24, 2.45) is 11.8 Å². The SMILES string of the molecule is OC[C@H]1O[C@@H](OC2CC3C(O)CC(O)CC3[OH+]C2C2CCC(O)C(O)C2)[C@H](O[C@@H]2OC[C@@H](O)[C@H](O)[C@H]2O)[C@@H](O)[C@H]1O. The van der Waals surface area contributed by atoms with E-state index in [1.54, 1.807) is 0 Å². The fraction of sp³-hybridized carbons (Fsp3) is 1.00. The molecule has 0 amide bonds. The lowest BCUT2D eigenvalue weighted by atomic mass is 9.72. The van der Waals surface area contributed by atoms with Crippen molar-refractivity contribution < 1.29 is 74.7 Å². The minimum absolute atomic E-state index is 0.177. The van der Waals surface area contributed by atoms with Gasteiger partial charge in [-0.2, -0.15) is 0 Å². The Morgan fingerprint density at radius 2 is 1.44 bits per heavy atom. The number of aliphatic hydroxyl groups is 12. The van der Waals surface area contributed by atoms with Crippen LogP contribution in [0.2, 0.25) is 0 Å². The van der Waals surface area contributed by atoms with Gasteiger partial charge in [0.1, 0.15) is 48.8 Å². The number of ether oxygens (including phenoxy) is 5. The summed E-state index contributed by atoms with van der Waals surface area (Å²) in [6.45, 7) is -1.03. The van der Waals surface area contributed by atoms with E-state index >= 15 is 0 Å². The zero-order valence-corrected chi connectivity index (χ0v) is 22.6. The molecule has 2 aliphatic carbocycles. The third kappa shape index (κ3) is 6.60. The van der Waals surface area contributed by atoms with Crippen LogP contribution in [0.3, 0.4) is 0 Å². The highest BCUT2D eigenvalue weighted by atomic mass is 16.8. The number of rotatable bonds is 6. The minimum Gasteiger partial charge on any atom is -0.427 e. The molecule has 5 aliphatic rings. The molecule has 41 heavy (non-hydrogen) atoms. The third-order valence-corrected chi connectivity index (χ3v) is 9.45. The highest BCUT2D eigenvalue weighted by molar-refractivity contribution is 4.99. The van der Waals surface area contributed by atoms with Crippen molar-refractivity contribution in [3.63, 3.8) is 0 Å². The summed E-state index contributed by atoms with van der Waals surface area (Å²) in [4.78, 5) is 0. The van der Waals surface area contributed by atoms with Crippen molar-refractivity contribution in [2.45, 2.75) is 137 Å². The zero-order valence-electron chi connectivity index (χ0n) is 22.6. The number of hydrogen-bond donors (Lipinski definition) is 10. The second kappa shape index (κ2) is 13.2. The van der Waals surface area contributed by atoms with Crippen molar-refractivity contribution in [2.75, 3.05) is 13.2 Å². The van der Waals surface area contributed by atoms with Gasteiger partial charge in [0.15, 0.2) is 24.8 Å². The topological polar surface area (TPSA) is 252 Å². The molecular formula is C26H45O15+. The van der Waals surface area contributed by atoms with Gasteiger partial charge < -0.3 is 74.7 Å². The largest absolute Gasteiger partial charge is 0.427 e. The van der Waals surface area contributed by atoms with E-state index in [9.17, 15) is 51.1 Å². The van der Waals surface area contributed by atoms with Crippen LogP contribution in [0, 0.1) is 11.8 Å². The zero-order chi connectivity index (χ0) is 29.6. The molecule has 15 nitrogen and oxygen atoms in total. The Morgan fingerprint density at radius 3 is 2.15 bits per heavy atom. The van der Waals surface area contributed by atoms with Crippen molar-refractivity contribution in [1.82, 2.24) is 0 Å². The average Bonchev–Trinajstić information content (AvgIpc) is 2.94. The van der Waals surface area contributed by atoms with E-state index in [-0.39, 0.29) is 43.8 Å². The molecule has 238 valence electrons. The molecule has 18 atom stereocenters. The summed E-state index contributed by atoms with van der Waals surface area (Å²) < 4.78 is 28.3. The van der Waals surface area contributed by atoms with Gasteiger partial charge in [-0.15, -0.1) is 0 Å². The van der Waals surface area contributed by atoms with Crippen molar-refractivity contribution in [3.8, 4) is 0 Å². The maximum Gasteiger partial charge on any atom is 0.187 e. The van der Waals surface area contributed by atoms with Crippen molar-refractivity contribution in [3.05, 3.63) is 0 Å². The van der Waals surface area contributed by atoms with Crippen LogP contribution in [-0.4, -0.2) is 167 Å². The van der Waals surface area contributed by atoms with Gasteiger partial charge in [-0.05, 0) is 25.7 Å². The molecule has 3 heterocycles. The minimum atomic E-state index is -1.70. The van der Waals surface area contributed by atoms with Gasteiger partial charge in [0.2, 0.25) is 0 Å². The predicted molar refractivity (Wildman–Crippen MR) is 134 cm³/mol. The molecule has 2 saturated carbocycles. The highest BCUT2D eigenvalue weighted by Crippen LogP contribution is 2.42. The predicted octanol–water partition coefficient (Wildman–Crippen LogP) is -5.04. The summed E-state index contributed by atoms with van der Waals surface area (Å²) in [5.74, 6) is -0.575. The molecule has 5 fully saturated rings. The van der Waals surface area contributed by atoms with Crippen molar-refractivity contribution >= 4 is 0 Å². The van der Waals surface area contributed by atoms with Crippen LogP contribution in [0.1, 0.15) is 38.5 Å². The van der Waals surface area contributed by atoms with Gasteiger partial charge in [-0.1, -0.05) is 0 Å². The maximum absolute atomic E-state index is 11.0. The van der Waals surface area contributed by atoms with E-state index < -0.39 is 98.5 Å². The lowest BCUT2D eigenvalue weighted by Crippen LogP contribution is -2.65. The average molecular weight is 598 g/mol. The second-order valence-electron chi connectivity index (χ2n) is 12.2. The normalized spacial score (nSPS) is 54.9. The molecular weight excluding hydrogens is 552 g/mol. The summed E-state index contributed by atoms with van der Waals surface area (Å²) in [6.07, 6.45) is -16.8. The Kier molecular flexibility index (Phi) is 10.2. The molecule has 0 aromatic rings. The van der Waals surface area contributed by atoms with Gasteiger partial charge >= 0.3 is 0 Å². The Morgan fingerprint density at radius 1 is 0.683 bits per heavy atom. The maximum atomic E-state index is 11.0. The molecule has 11 N–H and O–H groups in total. The van der Waals surface area contributed by atoms with Crippen LogP contribution in [-0.2, 0) is 18.9 Å². The van der Waals surface area contributed by atoms with E-state index in [1.165, 1.54) is 0 Å². The Hall–Kier alpha value is -0.600. The smallest absolute Gasteiger partial charge is 0.187 e. The first-order chi connectivity index (χ1) is 19.5. The molecule has 0 aromatic carbocycles. The van der Waals surface area contributed by atoms with E-state index in [0.717, 1.165) is 0 Å². The highest BCUT2D eigenvalue weighted by Gasteiger charge is 2.56. The van der Waals surface area contributed by atoms with Gasteiger partial charge in [0.25, 0.3) is 0 Å². The summed E-state index contributed by atoms with van der Waals surface area (Å²) >= 11 is 0. The summed E-state index contributed by atoms with van der Waals surface area (Å²) in [5, 5.41) is 103. The monoisotopic (exact) mass is 597 g/mol. The van der Waals surface area contributed by atoms with Crippen LogP contribution >= 0.6 is 0 Å². The molecule has 3 saturated heterocycles. The lowest BCUT2D eigenvalue weighted by Gasteiger charge is -2.49. The Balaban J connectivity index is 1.39. The quantitative estimate of drug-likeness (QED) is 0.129. The van der Waals surface area contributed by atoms with Gasteiger partial charge in [-0.25, -0.2) is 0 Å². The number of fused-ring (bicyclic) bond motifs is 1. The summed E-state index contributed by atoms with van der Waals surface area (Å²) in [5.41, 5.74) is 0. The number of aliphatic hydroxyl groups excluding tert-OH is 10. The second-order valence-corrected chi connectivity index (χ2v) is 12.2. The molecule has 0 aromatic heterocycles.